The highest BCUT2D eigenvalue weighted by molar-refractivity contribution is 5.71. The molecule has 0 spiro atoms. The first-order chi connectivity index (χ1) is 36.5. The Hall–Kier alpha value is -3.93. The number of allylic oxidation sites excluding steroid dienone is 18. The molecule has 0 rings (SSSR count). The zero-order chi connectivity index (χ0) is 53.6. The predicted molar refractivity (Wildman–Crippen MR) is 320 cm³/mol. The maximum Gasteiger partial charge on any atom is 0.306 e. The number of rotatable bonds is 55. The number of carbonyl (C=O) groups excluding carboxylic acids is 3. The number of esters is 3. The first-order valence-corrected chi connectivity index (χ1v) is 30.9. The van der Waals surface area contributed by atoms with Crippen molar-refractivity contribution in [2.45, 2.75) is 290 Å². The molecule has 0 N–H and O–H groups in total. The van der Waals surface area contributed by atoms with Crippen LogP contribution in [0.5, 0.6) is 0 Å². The molecule has 6 heteroatoms. The van der Waals surface area contributed by atoms with Gasteiger partial charge >= 0.3 is 17.9 Å². The van der Waals surface area contributed by atoms with E-state index in [9.17, 15) is 14.4 Å². The third kappa shape index (κ3) is 59.0. The summed E-state index contributed by atoms with van der Waals surface area (Å²) in [6.45, 7) is 6.41. The minimum absolute atomic E-state index is 0.0908. The van der Waals surface area contributed by atoms with Crippen LogP contribution in [0.3, 0.4) is 0 Å². The summed E-state index contributed by atoms with van der Waals surface area (Å²) in [6, 6.07) is 0. The number of unbranched alkanes of at least 4 members (excludes halogenated alkanes) is 26. The van der Waals surface area contributed by atoms with E-state index in [0.29, 0.717) is 19.3 Å². The van der Waals surface area contributed by atoms with Crippen molar-refractivity contribution in [3.05, 3.63) is 109 Å². The number of ether oxygens (including phenoxy) is 3. The second kappa shape index (κ2) is 61.6. The lowest BCUT2D eigenvalue weighted by atomic mass is 10.0. The van der Waals surface area contributed by atoms with E-state index in [-0.39, 0.29) is 31.1 Å². The molecule has 0 bridgehead atoms. The van der Waals surface area contributed by atoms with Gasteiger partial charge in [0.05, 0.1) is 0 Å². The molecule has 0 aromatic heterocycles. The first kappa shape index (κ1) is 70.1. The zero-order valence-electron chi connectivity index (χ0n) is 48.3. The number of carbonyl (C=O) groups is 3. The predicted octanol–water partition coefficient (Wildman–Crippen LogP) is 21.0. The van der Waals surface area contributed by atoms with Crippen molar-refractivity contribution in [2.24, 2.45) is 0 Å². The van der Waals surface area contributed by atoms with Crippen LogP contribution in [0.4, 0.5) is 0 Å². The summed E-state index contributed by atoms with van der Waals surface area (Å²) in [6.07, 6.45) is 83.7. The van der Waals surface area contributed by atoms with Crippen molar-refractivity contribution in [1.29, 1.82) is 0 Å². The normalized spacial score (nSPS) is 12.9. The highest BCUT2D eigenvalue weighted by Crippen LogP contribution is 2.16. The van der Waals surface area contributed by atoms with Crippen LogP contribution in [0.2, 0.25) is 0 Å². The fourth-order valence-corrected chi connectivity index (χ4v) is 8.46. The van der Waals surface area contributed by atoms with Crippen molar-refractivity contribution in [1.82, 2.24) is 0 Å². The van der Waals surface area contributed by atoms with E-state index in [1.165, 1.54) is 96.3 Å². The van der Waals surface area contributed by atoms with Gasteiger partial charge in [0.15, 0.2) is 6.10 Å². The molecule has 0 fully saturated rings. The van der Waals surface area contributed by atoms with E-state index in [4.69, 9.17) is 14.2 Å². The highest BCUT2D eigenvalue weighted by atomic mass is 16.6. The Morgan fingerprint density at radius 3 is 0.824 bits per heavy atom. The SMILES string of the molecule is CC/C=C\C/C=C\C/C=C\C/C=C\C/C=C\C/C=C\CCCCCCCCC(=O)OCC(COC(=O)CCCCCCC/C=C\C/C=C\C/C=C\CC)OC(=O)CCCCCCCCCCCCCCCCCC. The quantitative estimate of drug-likeness (QED) is 0.0261. The lowest BCUT2D eigenvalue weighted by molar-refractivity contribution is -0.167. The summed E-state index contributed by atoms with van der Waals surface area (Å²) in [5.74, 6) is -0.913. The van der Waals surface area contributed by atoms with Crippen LogP contribution in [-0.4, -0.2) is 37.2 Å². The average molecular weight is 1030 g/mol. The Labute approximate surface area is 457 Å². The molecule has 0 aliphatic carbocycles. The molecule has 0 aromatic rings. The minimum Gasteiger partial charge on any atom is -0.462 e. The van der Waals surface area contributed by atoms with E-state index in [2.05, 4.69) is 130 Å². The number of hydrogen-bond acceptors (Lipinski definition) is 6. The molecule has 0 saturated heterocycles. The number of hydrogen-bond donors (Lipinski definition) is 0. The van der Waals surface area contributed by atoms with Crippen molar-refractivity contribution in [2.75, 3.05) is 13.2 Å². The molecule has 0 saturated carbocycles. The first-order valence-electron chi connectivity index (χ1n) is 30.9. The van der Waals surface area contributed by atoms with Gasteiger partial charge in [-0.05, 0) is 103 Å². The third-order valence-corrected chi connectivity index (χ3v) is 13.0. The zero-order valence-corrected chi connectivity index (χ0v) is 48.3. The Morgan fingerprint density at radius 1 is 0.284 bits per heavy atom. The van der Waals surface area contributed by atoms with Crippen LogP contribution in [0.1, 0.15) is 284 Å². The van der Waals surface area contributed by atoms with Crippen molar-refractivity contribution < 1.29 is 28.6 Å². The third-order valence-electron chi connectivity index (χ3n) is 13.0. The minimum atomic E-state index is -0.793. The van der Waals surface area contributed by atoms with E-state index in [1.807, 2.05) is 0 Å². The van der Waals surface area contributed by atoms with Crippen molar-refractivity contribution in [3.8, 4) is 0 Å². The summed E-state index contributed by atoms with van der Waals surface area (Å²) in [7, 11) is 0. The molecule has 1 unspecified atom stereocenters. The maximum absolute atomic E-state index is 12.9. The lowest BCUT2D eigenvalue weighted by Crippen LogP contribution is -2.30. The van der Waals surface area contributed by atoms with Gasteiger partial charge in [0, 0.05) is 19.3 Å². The van der Waals surface area contributed by atoms with E-state index in [0.717, 1.165) is 148 Å². The molecule has 1 atom stereocenters. The summed E-state index contributed by atoms with van der Waals surface area (Å²) < 4.78 is 16.9. The largest absolute Gasteiger partial charge is 0.462 e. The second-order valence-electron chi connectivity index (χ2n) is 20.2. The van der Waals surface area contributed by atoms with Gasteiger partial charge in [-0.15, -0.1) is 0 Å². The van der Waals surface area contributed by atoms with Gasteiger partial charge < -0.3 is 14.2 Å². The van der Waals surface area contributed by atoms with Crippen molar-refractivity contribution >= 4 is 17.9 Å². The monoisotopic (exact) mass is 1030 g/mol. The van der Waals surface area contributed by atoms with Crippen LogP contribution in [-0.2, 0) is 28.6 Å². The Balaban J connectivity index is 4.39. The van der Waals surface area contributed by atoms with Gasteiger partial charge in [0.25, 0.3) is 0 Å². The molecule has 0 radical (unpaired) electrons. The van der Waals surface area contributed by atoms with Gasteiger partial charge in [-0.3, -0.25) is 14.4 Å². The molecule has 0 amide bonds. The summed E-state index contributed by atoms with van der Waals surface area (Å²) in [5.41, 5.74) is 0. The van der Waals surface area contributed by atoms with E-state index < -0.39 is 6.10 Å². The standard InChI is InChI=1S/C68H114O6/c1-4-7-10-13-16-19-22-25-28-30-31-32-33-34-35-36-37-38-41-43-46-49-52-55-58-61-67(70)73-64-65(63-72-66(69)60-57-54-51-48-45-42-39-27-24-21-18-15-12-9-6-3)74-68(71)62-59-56-53-50-47-44-40-29-26-23-20-17-14-11-8-5-2/h7,9-10,12,16,18-19,21,25,27-28,31-32,34-35,37-39,65H,4-6,8,11,13-15,17,20,22-24,26,29-30,33,36,40-64H2,1-3H3/b10-7-,12-9-,19-16-,21-18-,28-25-,32-31-,35-34-,38-37-,39-27-. The summed E-state index contributed by atoms with van der Waals surface area (Å²) in [4.78, 5) is 38.3. The van der Waals surface area contributed by atoms with E-state index >= 15 is 0 Å². The maximum atomic E-state index is 12.9. The molecular weight excluding hydrogens is 913 g/mol. The molecule has 0 heterocycles. The van der Waals surface area contributed by atoms with Gasteiger partial charge in [-0.2, -0.15) is 0 Å². The van der Waals surface area contributed by atoms with Crippen LogP contribution < -0.4 is 0 Å². The highest BCUT2D eigenvalue weighted by Gasteiger charge is 2.19. The van der Waals surface area contributed by atoms with Gasteiger partial charge in [-0.1, -0.05) is 271 Å². The molecule has 0 aromatic carbocycles. The molecule has 0 aliphatic rings. The lowest BCUT2D eigenvalue weighted by Gasteiger charge is -2.18. The van der Waals surface area contributed by atoms with Crippen LogP contribution in [0, 0.1) is 0 Å². The smallest absolute Gasteiger partial charge is 0.306 e. The fraction of sp³-hybridized carbons (Fsp3) is 0.691. The summed E-state index contributed by atoms with van der Waals surface area (Å²) in [5, 5.41) is 0. The van der Waals surface area contributed by atoms with Gasteiger partial charge in [0.2, 0.25) is 0 Å². The average Bonchev–Trinajstić information content (AvgIpc) is 3.40. The molecule has 0 aliphatic heterocycles. The summed E-state index contributed by atoms with van der Waals surface area (Å²) >= 11 is 0. The Morgan fingerprint density at radius 2 is 0.527 bits per heavy atom. The fourth-order valence-electron chi connectivity index (χ4n) is 8.46. The topological polar surface area (TPSA) is 78.9 Å². The van der Waals surface area contributed by atoms with E-state index in [1.54, 1.807) is 0 Å². The van der Waals surface area contributed by atoms with Crippen LogP contribution in [0.15, 0.2) is 109 Å². The van der Waals surface area contributed by atoms with Gasteiger partial charge in [0.1, 0.15) is 13.2 Å². The second-order valence-corrected chi connectivity index (χ2v) is 20.2. The Kier molecular flexibility index (Phi) is 58.3. The van der Waals surface area contributed by atoms with Crippen molar-refractivity contribution in [3.63, 3.8) is 0 Å². The Bertz CT molecular complexity index is 1510. The van der Waals surface area contributed by atoms with Gasteiger partial charge in [-0.25, -0.2) is 0 Å². The van der Waals surface area contributed by atoms with Crippen LogP contribution >= 0.6 is 0 Å². The molecule has 74 heavy (non-hydrogen) atoms. The molecule has 422 valence electrons. The molecule has 6 nitrogen and oxygen atoms in total. The molecular formula is C68H114O6. The van der Waals surface area contributed by atoms with Crippen LogP contribution in [0.25, 0.3) is 0 Å².